The smallest absolute Gasteiger partial charge is 0.0781 e. The van der Waals surface area contributed by atoms with Gasteiger partial charge in [0.15, 0.2) is 0 Å². The van der Waals surface area contributed by atoms with E-state index in [1.807, 2.05) is 0 Å². The molecule has 6 N–H and O–H groups in total. The fourth-order valence-corrected chi connectivity index (χ4v) is 0.602. The molecule has 0 bridgehead atoms. The first-order valence-electron chi connectivity index (χ1n) is 2.61. The third-order valence-electron chi connectivity index (χ3n) is 1.17. The summed E-state index contributed by atoms with van der Waals surface area (Å²) in [7, 11) is 0. The third-order valence-corrected chi connectivity index (χ3v) is 1.17. The molecule has 0 saturated carbocycles. The van der Waals surface area contributed by atoms with Crippen LogP contribution >= 0.6 is 0 Å². The van der Waals surface area contributed by atoms with Crippen molar-refractivity contribution >= 4 is 46.6 Å². The van der Waals surface area contributed by atoms with Gasteiger partial charge in [0.2, 0.25) is 0 Å². The number of para-hydroxylation sites is 1. The molecule has 0 aliphatic heterocycles. The van der Waals surface area contributed by atoms with Crippen molar-refractivity contribution < 1.29 is 0 Å². The molecule has 0 heterocycles. The molecule has 10 heavy (non-hydrogen) atoms. The summed E-state index contributed by atoms with van der Waals surface area (Å²) < 4.78 is 0. The van der Waals surface area contributed by atoms with Gasteiger partial charge in [-0.2, -0.15) is 0 Å². The number of anilines is 3. The monoisotopic (exact) mass is 146 g/mol. The fourth-order valence-electron chi connectivity index (χ4n) is 0.602. The van der Waals surface area contributed by atoms with Crippen molar-refractivity contribution in [1.29, 1.82) is 0 Å². The maximum Gasteiger partial charge on any atom is 0.0781 e. The van der Waals surface area contributed by atoms with Gasteiger partial charge in [-0.3, -0.25) is 0 Å². The zero-order valence-corrected chi connectivity index (χ0v) is 7.96. The molecule has 0 spiro atoms. The van der Waals surface area contributed by atoms with Gasteiger partial charge in [0.25, 0.3) is 0 Å². The quantitative estimate of drug-likeness (QED) is 0.357. The Bertz CT molecular complexity index is 204. The summed E-state index contributed by atoms with van der Waals surface area (Å²) in [4.78, 5) is 0. The van der Waals surface area contributed by atoms with Gasteiger partial charge in [0, 0.05) is 29.6 Å². The summed E-state index contributed by atoms with van der Waals surface area (Å²) in [5, 5.41) is 0. The average Bonchev–Trinajstić information content (AvgIpc) is 1.83. The van der Waals surface area contributed by atoms with Gasteiger partial charge in [-0.05, 0) is 12.1 Å². The number of rotatable bonds is 0. The van der Waals surface area contributed by atoms with E-state index in [-0.39, 0.29) is 29.6 Å². The average molecular weight is 146 g/mol. The van der Waals surface area contributed by atoms with Crippen LogP contribution in [0.1, 0.15) is 0 Å². The molecular weight excluding hydrogens is 137 g/mol. The molecule has 0 aromatic heterocycles. The van der Waals surface area contributed by atoms with E-state index >= 15 is 0 Å². The Hall–Kier alpha value is -0.380. The summed E-state index contributed by atoms with van der Waals surface area (Å²) in [6.07, 6.45) is 0. The van der Waals surface area contributed by atoms with Crippen molar-refractivity contribution in [2.24, 2.45) is 0 Å². The van der Waals surface area contributed by atoms with Crippen molar-refractivity contribution in [2.75, 3.05) is 17.2 Å². The molecule has 4 heteroatoms. The summed E-state index contributed by atoms with van der Waals surface area (Å²) in [5.74, 6) is 0. The van der Waals surface area contributed by atoms with Crippen molar-refractivity contribution in [3.63, 3.8) is 0 Å². The summed E-state index contributed by atoms with van der Waals surface area (Å²) in [6, 6.07) is 5.19. The Labute approximate surface area is 81.9 Å². The van der Waals surface area contributed by atoms with Crippen molar-refractivity contribution in [3.8, 4) is 0 Å². The van der Waals surface area contributed by atoms with Crippen LogP contribution in [-0.4, -0.2) is 29.6 Å². The van der Waals surface area contributed by atoms with Crippen LogP contribution in [0.3, 0.4) is 0 Å². The van der Waals surface area contributed by atoms with E-state index in [9.17, 15) is 0 Å². The van der Waals surface area contributed by atoms with Crippen molar-refractivity contribution in [3.05, 3.63) is 18.2 Å². The number of hydrogen-bond donors (Lipinski definition) is 3. The van der Waals surface area contributed by atoms with Crippen LogP contribution in [0.2, 0.25) is 0 Å². The minimum Gasteiger partial charge on any atom is -0.397 e. The summed E-state index contributed by atoms with van der Waals surface area (Å²) in [5.41, 5.74) is 17.8. The first-order valence-corrected chi connectivity index (χ1v) is 2.61. The number of hydrogen-bond acceptors (Lipinski definition) is 3. The third kappa shape index (κ3) is 1.80. The predicted molar refractivity (Wildman–Crippen MR) is 45.4 cm³/mol. The molecule has 0 unspecified atom stereocenters. The maximum atomic E-state index is 5.43. The first kappa shape index (κ1) is 9.62. The molecule has 1 aromatic rings. The largest absolute Gasteiger partial charge is 0.397 e. The van der Waals surface area contributed by atoms with Gasteiger partial charge >= 0.3 is 0 Å². The molecule has 0 aliphatic rings. The molecule has 0 atom stereocenters. The van der Waals surface area contributed by atoms with E-state index in [4.69, 9.17) is 17.2 Å². The minimum absolute atomic E-state index is 0. The van der Waals surface area contributed by atoms with Crippen molar-refractivity contribution in [1.82, 2.24) is 0 Å². The number of nitrogens with two attached hydrogens (primary N) is 3. The molecule has 1 rings (SSSR count). The Morgan fingerprint density at radius 1 is 0.900 bits per heavy atom. The topological polar surface area (TPSA) is 78.1 Å². The first-order chi connectivity index (χ1) is 4.22. The van der Waals surface area contributed by atoms with Gasteiger partial charge < -0.3 is 17.2 Å². The summed E-state index contributed by atoms with van der Waals surface area (Å²) >= 11 is 0. The molecule has 49 valence electrons. The van der Waals surface area contributed by atoms with Crippen molar-refractivity contribution in [2.45, 2.75) is 0 Å². The molecule has 0 fully saturated rings. The Morgan fingerprint density at radius 2 is 1.30 bits per heavy atom. The van der Waals surface area contributed by atoms with E-state index in [0.717, 1.165) is 0 Å². The zero-order valence-electron chi connectivity index (χ0n) is 5.96. The molecule has 1 radical (unpaired) electrons. The van der Waals surface area contributed by atoms with Crippen LogP contribution in [-0.2, 0) is 0 Å². The van der Waals surface area contributed by atoms with E-state index in [1.165, 1.54) is 0 Å². The minimum atomic E-state index is 0. The van der Waals surface area contributed by atoms with E-state index in [1.54, 1.807) is 18.2 Å². The number of nitrogen functional groups attached to an aromatic ring is 3. The van der Waals surface area contributed by atoms with Crippen LogP contribution in [0.15, 0.2) is 18.2 Å². The second kappa shape index (κ2) is 3.71. The van der Waals surface area contributed by atoms with Gasteiger partial charge in [0.1, 0.15) is 0 Å². The Balaban J connectivity index is 0.000000810. The Morgan fingerprint density at radius 3 is 1.60 bits per heavy atom. The van der Waals surface area contributed by atoms with E-state index < -0.39 is 0 Å². The zero-order chi connectivity index (χ0) is 6.85. The van der Waals surface area contributed by atoms with Crippen LogP contribution in [0.4, 0.5) is 17.1 Å². The standard InChI is InChI=1S/C6H9N3.Na/c7-4-2-1-3-5(8)6(4)9;/h1-3H,7-9H2;. The molecule has 0 saturated heterocycles. The van der Waals surface area contributed by atoms with Crippen LogP contribution in [0.25, 0.3) is 0 Å². The van der Waals surface area contributed by atoms with Crippen LogP contribution in [0, 0.1) is 0 Å². The maximum absolute atomic E-state index is 5.43. The molecule has 0 amide bonds. The van der Waals surface area contributed by atoms with Gasteiger partial charge in [-0.15, -0.1) is 0 Å². The molecule has 0 aliphatic carbocycles. The molecule has 1 aromatic carbocycles. The fraction of sp³-hybridized carbons (Fsp3) is 0. The van der Waals surface area contributed by atoms with Crippen LogP contribution in [0.5, 0.6) is 0 Å². The second-order valence-corrected chi connectivity index (χ2v) is 1.85. The number of benzene rings is 1. The van der Waals surface area contributed by atoms with Crippen LogP contribution < -0.4 is 17.2 Å². The summed E-state index contributed by atoms with van der Waals surface area (Å²) in [6.45, 7) is 0. The van der Waals surface area contributed by atoms with Gasteiger partial charge in [0.05, 0.1) is 17.1 Å². The van der Waals surface area contributed by atoms with E-state index in [0.29, 0.717) is 17.1 Å². The molecular formula is C6H9N3Na. The normalized spacial score (nSPS) is 8.40. The predicted octanol–water partition coefficient (Wildman–Crippen LogP) is 0.0524. The van der Waals surface area contributed by atoms with Gasteiger partial charge in [-0.25, -0.2) is 0 Å². The second-order valence-electron chi connectivity index (χ2n) is 1.85. The Kier molecular flexibility index (Phi) is 3.57. The van der Waals surface area contributed by atoms with Gasteiger partial charge in [-0.1, -0.05) is 6.07 Å². The molecule has 3 nitrogen and oxygen atoms in total. The van der Waals surface area contributed by atoms with E-state index in [2.05, 4.69) is 0 Å². The SMILES string of the molecule is Nc1cccc(N)c1N.[Na].